The SMILES string of the molecule is CC1(C)COc2ccc(C(=O)c3cc(Cl)cc(Br)c3)cc21. The third-order valence-corrected chi connectivity index (χ3v) is 4.36. The molecule has 0 spiro atoms. The molecule has 1 aliphatic rings. The maximum absolute atomic E-state index is 12.6. The average molecular weight is 366 g/mol. The van der Waals surface area contributed by atoms with Gasteiger partial charge in [0.15, 0.2) is 5.78 Å². The minimum atomic E-state index is -0.0689. The summed E-state index contributed by atoms with van der Waals surface area (Å²) in [6.07, 6.45) is 0. The first-order valence-electron chi connectivity index (χ1n) is 6.65. The van der Waals surface area contributed by atoms with Crippen molar-refractivity contribution in [1.82, 2.24) is 0 Å². The van der Waals surface area contributed by atoms with Crippen molar-refractivity contribution in [2.24, 2.45) is 0 Å². The first kappa shape index (κ1) is 14.6. The van der Waals surface area contributed by atoms with Crippen LogP contribution in [0.4, 0.5) is 0 Å². The van der Waals surface area contributed by atoms with Gasteiger partial charge in [-0.2, -0.15) is 0 Å². The summed E-state index contributed by atoms with van der Waals surface area (Å²) >= 11 is 9.38. The summed E-state index contributed by atoms with van der Waals surface area (Å²) in [6.45, 7) is 4.87. The van der Waals surface area contributed by atoms with Crippen molar-refractivity contribution in [1.29, 1.82) is 0 Å². The van der Waals surface area contributed by atoms with Crippen LogP contribution in [0, 0.1) is 0 Å². The quantitative estimate of drug-likeness (QED) is 0.700. The molecule has 1 aliphatic heterocycles. The largest absolute Gasteiger partial charge is 0.492 e. The third-order valence-electron chi connectivity index (χ3n) is 3.68. The van der Waals surface area contributed by atoms with Gasteiger partial charge in [0.2, 0.25) is 0 Å². The van der Waals surface area contributed by atoms with Gasteiger partial charge in [-0.25, -0.2) is 0 Å². The van der Waals surface area contributed by atoms with E-state index in [1.54, 1.807) is 24.3 Å². The summed E-state index contributed by atoms with van der Waals surface area (Å²) in [4.78, 5) is 12.6. The van der Waals surface area contributed by atoms with E-state index in [-0.39, 0.29) is 11.2 Å². The molecule has 0 saturated carbocycles. The van der Waals surface area contributed by atoms with Gasteiger partial charge in [-0.1, -0.05) is 41.4 Å². The van der Waals surface area contributed by atoms with Crippen molar-refractivity contribution in [3.05, 3.63) is 62.6 Å². The topological polar surface area (TPSA) is 26.3 Å². The van der Waals surface area contributed by atoms with Gasteiger partial charge in [0.25, 0.3) is 0 Å². The number of halogens is 2. The number of ether oxygens (including phenoxy) is 1. The van der Waals surface area contributed by atoms with Crippen molar-refractivity contribution in [3.8, 4) is 5.75 Å². The lowest BCUT2D eigenvalue weighted by atomic mass is 9.85. The molecule has 0 N–H and O–H groups in total. The number of rotatable bonds is 2. The molecule has 0 atom stereocenters. The highest BCUT2D eigenvalue weighted by Gasteiger charge is 2.32. The van der Waals surface area contributed by atoms with Gasteiger partial charge in [0.05, 0.1) is 6.61 Å². The molecule has 108 valence electrons. The molecule has 0 radical (unpaired) electrons. The van der Waals surface area contributed by atoms with E-state index in [0.29, 0.717) is 22.8 Å². The molecule has 0 bridgehead atoms. The Morgan fingerprint density at radius 3 is 2.67 bits per heavy atom. The Labute approximate surface area is 137 Å². The Morgan fingerprint density at radius 1 is 1.19 bits per heavy atom. The molecule has 1 heterocycles. The van der Waals surface area contributed by atoms with Gasteiger partial charge in [0, 0.05) is 31.6 Å². The number of carbonyl (C=O) groups is 1. The van der Waals surface area contributed by atoms with Crippen LogP contribution in [0.25, 0.3) is 0 Å². The van der Waals surface area contributed by atoms with E-state index >= 15 is 0 Å². The zero-order chi connectivity index (χ0) is 15.2. The molecule has 0 saturated heterocycles. The molecular formula is C17H14BrClO2. The van der Waals surface area contributed by atoms with E-state index in [9.17, 15) is 4.79 Å². The first-order chi connectivity index (χ1) is 9.87. The van der Waals surface area contributed by atoms with Crippen LogP contribution in [0.3, 0.4) is 0 Å². The second-order valence-electron chi connectivity index (χ2n) is 5.87. The summed E-state index contributed by atoms with van der Waals surface area (Å²) in [5.74, 6) is 0.826. The molecule has 0 aliphatic carbocycles. The van der Waals surface area contributed by atoms with Crippen LogP contribution in [-0.2, 0) is 5.41 Å². The third kappa shape index (κ3) is 2.72. The lowest BCUT2D eigenvalue weighted by molar-refractivity contribution is 0.103. The van der Waals surface area contributed by atoms with E-state index in [1.165, 1.54) is 0 Å². The molecule has 21 heavy (non-hydrogen) atoms. The minimum Gasteiger partial charge on any atom is -0.492 e. The van der Waals surface area contributed by atoms with Crippen molar-refractivity contribution in [2.45, 2.75) is 19.3 Å². The van der Waals surface area contributed by atoms with Crippen LogP contribution in [0.5, 0.6) is 5.75 Å². The van der Waals surface area contributed by atoms with Gasteiger partial charge < -0.3 is 4.74 Å². The Balaban J connectivity index is 2.03. The maximum Gasteiger partial charge on any atom is 0.193 e. The normalized spacial score (nSPS) is 15.4. The van der Waals surface area contributed by atoms with Crippen molar-refractivity contribution in [3.63, 3.8) is 0 Å². The van der Waals surface area contributed by atoms with E-state index in [4.69, 9.17) is 16.3 Å². The lowest BCUT2D eigenvalue weighted by Gasteiger charge is -2.15. The maximum atomic E-state index is 12.6. The van der Waals surface area contributed by atoms with Crippen LogP contribution >= 0.6 is 27.5 Å². The van der Waals surface area contributed by atoms with Crippen molar-refractivity contribution in [2.75, 3.05) is 6.61 Å². The summed E-state index contributed by atoms with van der Waals surface area (Å²) in [5, 5.41) is 0.539. The van der Waals surface area contributed by atoms with Crippen LogP contribution in [-0.4, -0.2) is 12.4 Å². The summed E-state index contributed by atoms with van der Waals surface area (Å²) < 4.78 is 6.45. The van der Waals surface area contributed by atoms with Crippen LogP contribution in [0.1, 0.15) is 35.3 Å². The Hall–Kier alpha value is -1.32. The second-order valence-corrected chi connectivity index (χ2v) is 7.22. The van der Waals surface area contributed by atoms with E-state index in [2.05, 4.69) is 29.8 Å². The Kier molecular flexibility index (Phi) is 3.58. The fourth-order valence-corrected chi connectivity index (χ4v) is 3.37. The number of carbonyl (C=O) groups excluding carboxylic acids is 1. The summed E-state index contributed by atoms with van der Waals surface area (Å²) in [6, 6.07) is 10.8. The second kappa shape index (κ2) is 5.15. The number of ketones is 1. The molecule has 0 aromatic heterocycles. The van der Waals surface area contributed by atoms with Crippen molar-refractivity contribution < 1.29 is 9.53 Å². The number of hydrogen-bond acceptors (Lipinski definition) is 2. The molecule has 4 heteroatoms. The molecule has 0 amide bonds. The number of benzene rings is 2. The number of fused-ring (bicyclic) bond motifs is 1. The van der Waals surface area contributed by atoms with Gasteiger partial charge in [-0.15, -0.1) is 0 Å². The molecule has 2 aromatic rings. The standard InChI is InChI=1S/C17H14BrClO2/c1-17(2)9-21-15-4-3-10(7-14(15)17)16(20)11-5-12(18)8-13(19)6-11/h3-8H,9H2,1-2H3. The first-order valence-corrected chi connectivity index (χ1v) is 7.82. The number of hydrogen-bond donors (Lipinski definition) is 0. The van der Waals surface area contributed by atoms with E-state index < -0.39 is 0 Å². The fourth-order valence-electron chi connectivity index (χ4n) is 2.51. The van der Waals surface area contributed by atoms with Crippen LogP contribution < -0.4 is 4.74 Å². The van der Waals surface area contributed by atoms with Crippen LogP contribution in [0.15, 0.2) is 40.9 Å². The van der Waals surface area contributed by atoms with Crippen LogP contribution in [0.2, 0.25) is 5.02 Å². The molecule has 0 fully saturated rings. The highest BCUT2D eigenvalue weighted by atomic mass is 79.9. The molecule has 0 unspecified atom stereocenters. The lowest BCUT2D eigenvalue weighted by Crippen LogP contribution is -2.18. The van der Waals surface area contributed by atoms with Crippen molar-refractivity contribution >= 4 is 33.3 Å². The summed E-state index contributed by atoms with van der Waals surface area (Å²) in [5.41, 5.74) is 2.24. The smallest absolute Gasteiger partial charge is 0.193 e. The molecule has 2 aromatic carbocycles. The fraction of sp³-hybridized carbons (Fsp3) is 0.235. The highest BCUT2D eigenvalue weighted by Crippen LogP contribution is 2.39. The van der Waals surface area contributed by atoms with Gasteiger partial charge >= 0.3 is 0 Å². The van der Waals surface area contributed by atoms with Gasteiger partial charge in [-0.3, -0.25) is 4.79 Å². The molecule has 3 rings (SSSR count). The zero-order valence-corrected chi connectivity index (χ0v) is 14.1. The minimum absolute atomic E-state index is 0.0382. The van der Waals surface area contributed by atoms with E-state index in [0.717, 1.165) is 15.8 Å². The predicted octanol–water partition coefficient (Wildman–Crippen LogP) is 5.00. The zero-order valence-electron chi connectivity index (χ0n) is 11.7. The average Bonchev–Trinajstić information content (AvgIpc) is 2.72. The molecular weight excluding hydrogens is 352 g/mol. The monoisotopic (exact) mass is 364 g/mol. The summed E-state index contributed by atoms with van der Waals surface area (Å²) in [7, 11) is 0. The van der Waals surface area contributed by atoms with Gasteiger partial charge in [-0.05, 0) is 36.4 Å². The Bertz CT molecular complexity index is 717. The van der Waals surface area contributed by atoms with E-state index in [1.807, 2.05) is 12.1 Å². The Morgan fingerprint density at radius 2 is 1.95 bits per heavy atom. The highest BCUT2D eigenvalue weighted by molar-refractivity contribution is 9.10. The molecule has 2 nitrogen and oxygen atoms in total. The predicted molar refractivity (Wildman–Crippen MR) is 87.5 cm³/mol. The van der Waals surface area contributed by atoms with Gasteiger partial charge in [0.1, 0.15) is 5.75 Å².